The Hall–Kier alpha value is -1.00. The van der Waals surface area contributed by atoms with Gasteiger partial charge in [0.25, 0.3) is 0 Å². The van der Waals surface area contributed by atoms with Gasteiger partial charge in [-0.05, 0) is 70.2 Å². The first-order valence-corrected chi connectivity index (χ1v) is 8.66. The number of nitrogens with one attached hydrogen (secondary N) is 1. The van der Waals surface area contributed by atoms with Gasteiger partial charge in [0, 0.05) is 29.7 Å². The van der Waals surface area contributed by atoms with Crippen LogP contribution in [0.3, 0.4) is 0 Å². The standard InChI is InChI=1S/C19H28F2N2/c1-13-7-8-23(12-13)19(4)10-17(19)18(2,3)22-11-14-9-15(20)5-6-16(14)21/h5-6,9,13,17,22H,7-8,10-12H2,1-4H3. The van der Waals surface area contributed by atoms with Gasteiger partial charge in [-0.3, -0.25) is 4.90 Å². The zero-order valence-corrected chi connectivity index (χ0v) is 14.6. The number of rotatable bonds is 5. The predicted octanol–water partition coefficient (Wildman–Crippen LogP) is 3.95. The molecule has 1 aromatic rings. The van der Waals surface area contributed by atoms with E-state index in [1.54, 1.807) is 0 Å². The normalized spacial score (nSPS) is 31.6. The van der Waals surface area contributed by atoms with Crippen LogP contribution < -0.4 is 5.32 Å². The predicted molar refractivity (Wildman–Crippen MR) is 89.1 cm³/mol. The molecule has 128 valence electrons. The highest BCUT2D eigenvalue weighted by Crippen LogP contribution is 2.55. The summed E-state index contributed by atoms with van der Waals surface area (Å²) in [5, 5.41) is 3.46. The van der Waals surface area contributed by atoms with Gasteiger partial charge in [0.05, 0.1) is 0 Å². The molecule has 1 saturated carbocycles. The summed E-state index contributed by atoms with van der Waals surface area (Å²) in [5.41, 5.74) is 0.552. The van der Waals surface area contributed by atoms with Crippen LogP contribution in [-0.4, -0.2) is 29.1 Å². The number of benzene rings is 1. The maximum atomic E-state index is 13.8. The minimum atomic E-state index is -0.386. The first-order valence-electron chi connectivity index (χ1n) is 8.66. The van der Waals surface area contributed by atoms with Crippen LogP contribution in [0.5, 0.6) is 0 Å². The van der Waals surface area contributed by atoms with E-state index in [-0.39, 0.29) is 22.7 Å². The molecule has 2 nitrogen and oxygen atoms in total. The molecular formula is C19H28F2N2. The van der Waals surface area contributed by atoms with Crippen LogP contribution in [0.25, 0.3) is 0 Å². The Morgan fingerprint density at radius 1 is 1.35 bits per heavy atom. The van der Waals surface area contributed by atoms with Crippen LogP contribution in [0.2, 0.25) is 0 Å². The molecule has 1 aromatic carbocycles. The molecule has 0 amide bonds. The van der Waals surface area contributed by atoms with E-state index in [2.05, 4.69) is 37.9 Å². The van der Waals surface area contributed by atoms with Crippen LogP contribution in [-0.2, 0) is 6.54 Å². The van der Waals surface area contributed by atoms with E-state index in [9.17, 15) is 8.78 Å². The van der Waals surface area contributed by atoms with Gasteiger partial charge in [-0.1, -0.05) is 6.92 Å². The van der Waals surface area contributed by atoms with Crippen LogP contribution in [0.1, 0.15) is 46.1 Å². The fourth-order valence-corrected chi connectivity index (χ4v) is 4.26. The Bertz CT molecular complexity index is 587. The van der Waals surface area contributed by atoms with Crippen LogP contribution in [0.15, 0.2) is 18.2 Å². The van der Waals surface area contributed by atoms with Crippen molar-refractivity contribution in [3.05, 3.63) is 35.4 Å². The highest BCUT2D eigenvalue weighted by molar-refractivity contribution is 5.21. The van der Waals surface area contributed by atoms with Crippen molar-refractivity contribution in [3.63, 3.8) is 0 Å². The maximum Gasteiger partial charge on any atom is 0.127 e. The number of hydrogen-bond donors (Lipinski definition) is 1. The third kappa shape index (κ3) is 3.29. The number of likely N-dealkylation sites (tertiary alicyclic amines) is 1. The van der Waals surface area contributed by atoms with Gasteiger partial charge in [-0.25, -0.2) is 8.78 Å². The molecule has 1 heterocycles. The Labute approximate surface area is 138 Å². The average Bonchev–Trinajstić information content (AvgIpc) is 3.00. The maximum absolute atomic E-state index is 13.8. The summed E-state index contributed by atoms with van der Waals surface area (Å²) in [5.74, 6) is 0.590. The van der Waals surface area contributed by atoms with E-state index in [4.69, 9.17) is 0 Å². The molecule has 0 spiro atoms. The monoisotopic (exact) mass is 322 g/mol. The molecule has 3 atom stereocenters. The van der Waals surface area contributed by atoms with Crippen molar-refractivity contribution in [1.29, 1.82) is 0 Å². The third-order valence-electron chi connectivity index (χ3n) is 5.97. The summed E-state index contributed by atoms with van der Waals surface area (Å²) in [6.07, 6.45) is 2.45. The quantitative estimate of drug-likeness (QED) is 0.883. The van der Waals surface area contributed by atoms with Crippen molar-refractivity contribution in [2.24, 2.45) is 11.8 Å². The van der Waals surface area contributed by atoms with Crippen LogP contribution in [0.4, 0.5) is 8.78 Å². The Morgan fingerprint density at radius 3 is 2.74 bits per heavy atom. The molecule has 1 saturated heterocycles. The Kier molecular flexibility index (Phi) is 4.26. The highest BCUT2D eigenvalue weighted by Gasteiger charge is 2.60. The van der Waals surface area contributed by atoms with Gasteiger partial charge in [0.2, 0.25) is 0 Å². The average molecular weight is 322 g/mol. The third-order valence-corrected chi connectivity index (χ3v) is 5.97. The van der Waals surface area contributed by atoms with Crippen molar-refractivity contribution >= 4 is 0 Å². The molecule has 3 unspecified atom stereocenters. The first kappa shape index (κ1) is 16.8. The molecule has 0 radical (unpaired) electrons. The van der Waals surface area contributed by atoms with E-state index < -0.39 is 0 Å². The molecule has 0 aromatic heterocycles. The molecule has 2 aliphatic rings. The van der Waals surface area contributed by atoms with Crippen molar-refractivity contribution < 1.29 is 8.78 Å². The second kappa shape index (κ2) is 5.82. The Balaban J connectivity index is 1.63. The largest absolute Gasteiger partial charge is 0.307 e. The summed E-state index contributed by atoms with van der Waals surface area (Å²) < 4.78 is 27.1. The zero-order chi connectivity index (χ0) is 16.8. The summed E-state index contributed by atoms with van der Waals surface area (Å²) >= 11 is 0. The zero-order valence-electron chi connectivity index (χ0n) is 14.6. The lowest BCUT2D eigenvalue weighted by molar-refractivity contribution is 0.180. The summed E-state index contributed by atoms with van der Waals surface area (Å²) in [7, 11) is 0. The first-order chi connectivity index (χ1) is 10.7. The van der Waals surface area contributed by atoms with Crippen LogP contribution >= 0.6 is 0 Å². The molecule has 1 N–H and O–H groups in total. The van der Waals surface area contributed by atoms with Crippen molar-refractivity contribution in [3.8, 4) is 0 Å². The number of halogens is 2. The molecule has 23 heavy (non-hydrogen) atoms. The fraction of sp³-hybridized carbons (Fsp3) is 0.684. The second-order valence-corrected chi connectivity index (χ2v) is 8.26. The van der Waals surface area contributed by atoms with Gasteiger partial charge in [0.1, 0.15) is 11.6 Å². The molecular weight excluding hydrogens is 294 g/mol. The molecule has 3 rings (SSSR count). The van der Waals surface area contributed by atoms with E-state index in [1.807, 2.05) is 0 Å². The number of hydrogen-bond acceptors (Lipinski definition) is 2. The Morgan fingerprint density at radius 2 is 2.09 bits per heavy atom. The molecule has 2 fully saturated rings. The SMILES string of the molecule is CC1CCN(C2(C)CC2C(C)(C)NCc2cc(F)ccc2F)C1. The van der Waals surface area contributed by atoms with Gasteiger partial charge in [-0.2, -0.15) is 0 Å². The van der Waals surface area contributed by atoms with Crippen molar-refractivity contribution in [1.82, 2.24) is 10.2 Å². The fourth-order valence-electron chi connectivity index (χ4n) is 4.26. The summed E-state index contributed by atoms with van der Waals surface area (Å²) in [4.78, 5) is 2.62. The minimum Gasteiger partial charge on any atom is -0.307 e. The molecule has 0 bridgehead atoms. The van der Waals surface area contributed by atoms with E-state index >= 15 is 0 Å². The lowest BCUT2D eigenvalue weighted by Crippen LogP contribution is -2.47. The lowest BCUT2D eigenvalue weighted by atomic mass is 9.94. The lowest BCUT2D eigenvalue weighted by Gasteiger charge is -2.33. The van der Waals surface area contributed by atoms with Gasteiger partial charge >= 0.3 is 0 Å². The smallest absolute Gasteiger partial charge is 0.127 e. The molecule has 1 aliphatic heterocycles. The van der Waals surface area contributed by atoms with E-state index in [1.165, 1.54) is 38.1 Å². The molecule has 4 heteroatoms. The topological polar surface area (TPSA) is 15.3 Å². The second-order valence-electron chi connectivity index (χ2n) is 8.26. The summed E-state index contributed by atoms with van der Waals surface area (Å²) in [6.45, 7) is 11.8. The minimum absolute atomic E-state index is 0.0979. The molecule has 1 aliphatic carbocycles. The van der Waals surface area contributed by atoms with Gasteiger partial charge in [0.15, 0.2) is 0 Å². The van der Waals surface area contributed by atoms with Gasteiger partial charge < -0.3 is 5.32 Å². The highest BCUT2D eigenvalue weighted by atomic mass is 19.1. The number of nitrogens with zero attached hydrogens (tertiary/aromatic N) is 1. The van der Waals surface area contributed by atoms with E-state index in [0.29, 0.717) is 18.0 Å². The van der Waals surface area contributed by atoms with Crippen molar-refractivity contribution in [2.75, 3.05) is 13.1 Å². The van der Waals surface area contributed by atoms with Crippen molar-refractivity contribution in [2.45, 2.75) is 58.2 Å². The van der Waals surface area contributed by atoms with Gasteiger partial charge in [-0.15, -0.1) is 0 Å². The summed E-state index contributed by atoms with van der Waals surface area (Å²) in [6, 6.07) is 3.65. The van der Waals surface area contributed by atoms with Crippen LogP contribution in [0, 0.1) is 23.5 Å². The van der Waals surface area contributed by atoms with E-state index in [0.717, 1.165) is 12.0 Å².